The second-order valence-corrected chi connectivity index (χ2v) is 2.21. The highest BCUT2D eigenvalue weighted by Crippen LogP contribution is 2.07. The lowest BCUT2D eigenvalue weighted by molar-refractivity contribution is -0.136. The third kappa shape index (κ3) is 0.855. The van der Waals surface area contributed by atoms with E-state index < -0.39 is 0 Å². The Hall–Kier alpha value is -1.06. The molecule has 52 valence electrons. The maximum Gasteiger partial charge on any atom is 0.253 e. The minimum absolute atomic E-state index is 0.160. The Labute approximate surface area is 60.1 Å². The standard InChI is InChI=1S/C6H8BNO2/c1-2-8-5(9)3-4(7)6(8)10/h3H,2,7H2,1H3. The highest BCUT2D eigenvalue weighted by atomic mass is 16.2. The zero-order valence-corrected chi connectivity index (χ0v) is 6.05. The Morgan fingerprint density at radius 3 is 2.40 bits per heavy atom. The van der Waals surface area contributed by atoms with Gasteiger partial charge in [-0.2, -0.15) is 0 Å². The topological polar surface area (TPSA) is 37.4 Å². The Kier molecular flexibility index (Phi) is 1.61. The van der Waals surface area contributed by atoms with Gasteiger partial charge in [0.2, 0.25) is 5.91 Å². The van der Waals surface area contributed by atoms with E-state index in [2.05, 4.69) is 0 Å². The zero-order chi connectivity index (χ0) is 7.72. The van der Waals surface area contributed by atoms with Crippen molar-refractivity contribution in [3.05, 3.63) is 11.5 Å². The van der Waals surface area contributed by atoms with E-state index in [-0.39, 0.29) is 11.8 Å². The average molecular weight is 137 g/mol. The van der Waals surface area contributed by atoms with Gasteiger partial charge in [-0.25, -0.2) is 0 Å². The molecule has 0 atom stereocenters. The van der Waals surface area contributed by atoms with Gasteiger partial charge in [-0.05, 0) is 12.4 Å². The maximum absolute atomic E-state index is 11.0. The first kappa shape index (κ1) is 7.06. The van der Waals surface area contributed by atoms with E-state index in [0.717, 1.165) is 0 Å². The van der Waals surface area contributed by atoms with Crippen LogP contribution in [0.15, 0.2) is 11.5 Å². The van der Waals surface area contributed by atoms with Crippen LogP contribution in [-0.2, 0) is 9.59 Å². The minimum atomic E-state index is -0.190. The fourth-order valence-corrected chi connectivity index (χ4v) is 0.937. The molecule has 10 heavy (non-hydrogen) atoms. The molecule has 0 radical (unpaired) electrons. The van der Waals surface area contributed by atoms with Gasteiger partial charge in [-0.15, -0.1) is 0 Å². The molecule has 0 fully saturated rings. The third-order valence-corrected chi connectivity index (χ3v) is 1.50. The Bertz CT molecular complexity index is 222. The fraction of sp³-hybridized carbons (Fsp3) is 0.333. The number of carbonyl (C=O) groups excluding carboxylic acids is 2. The summed E-state index contributed by atoms with van der Waals surface area (Å²) in [4.78, 5) is 23.1. The van der Waals surface area contributed by atoms with E-state index >= 15 is 0 Å². The van der Waals surface area contributed by atoms with Crippen molar-refractivity contribution in [2.75, 3.05) is 6.54 Å². The summed E-state index contributed by atoms with van der Waals surface area (Å²) in [7, 11) is 1.65. The highest BCUT2D eigenvalue weighted by molar-refractivity contribution is 6.42. The molecule has 0 aliphatic carbocycles. The van der Waals surface area contributed by atoms with E-state index in [0.29, 0.717) is 12.0 Å². The summed E-state index contributed by atoms with van der Waals surface area (Å²) >= 11 is 0. The number of imide groups is 1. The van der Waals surface area contributed by atoms with E-state index in [1.54, 1.807) is 14.8 Å². The van der Waals surface area contributed by atoms with Crippen molar-refractivity contribution in [3.63, 3.8) is 0 Å². The normalized spacial score (nSPS) is 18.1. The lowest BCUT2D eigenvalue weighted by atomic mass is 9.96. The van der Waals surface area contributed by atoms with Gasteiger partial charge in [0.15, 0.2) is 0 Å². The van der Waals surface area contributed by atoms with E-state index in [4.69, 9.17) is 0 Å². The summed E-state index contributed by atoms with van der Waals surface area (Å²) in [6.45, 7) is 2.24. The average Bonchev–Trinajstić information content (AvgIpc) is 2.09. The summed E-state index contributed by atoms with van der Waals surface area (Å²) in [5.74, 6) is -0.350. The van der Waals surface area contributed by atoms with Crippen LogP contribution >= 0.6 is 0 Å². The second kappa shape index (κ2) is 2.29. The first-order chi connectivity index (χ1) is 4.66. The lowest BCUT2D eigenvalue weighted by Gasteiger charge is -2.09. The molecule has 0 unspecified atom stereocenters. The van der Waals surface area contributed by atoms with Crippen molar-refractivity contribution in [2.45, 2.75) is 6.92 Å². The number of carbonyl (C=O) groups is 2. The van der Waals surface area contributed by atoms with Gasteiger partial charge in [0.1, 0.15) is 7.85 Å². The van der Waals surface area contributed by atoms with Crippen LogP contribution < -0.4 is 0 Å². The van der Waals surface area contributed by atoms with Crippen molar-refractivity contribution < 1.29 is 9.59 Å². The van der Waals surface area contributed by atoms with Crippen molar-refractivity contribution in [1.29, 1.82) is 0 Å². The molecular formula is C6H8BNO2. The first-order valence-corrected chi connectivity index (χ1v) is 3.21. The smallest absolute Gasteiger partial charge is 0.253 e. The van der Waals surface area contributed by atoms with Gasteiger partial charge in [0, 0.05) is 12.6 Å². The molecule has 3 nitrogen and oxygen atoms in total. The molecule has 0 aromatic carbocycles. The summed E-state index contributed by atoms with van der Waals surface area (Å²) in [6.07, 6.45) is 1.37. The Morgan fingerprint density at radius 1 is 1.60 bits per heavy atom. The van der Waals surface area contributed by atoms with Crippen molar-refractivity contribution >= 4 is 19.7 Å². The van der Waals surface area contributed by atoms with Crippen LogP contribution in [0.5, 0.6) is 0 Å². The molecule has 1 rings (SSSR count). The zero-order valence-electron chi connectivity index (χ0n) is 6.05. The Morgan fingerprint density at radius 2 is 2.20 bits per heavy atom. The van der Waals surface area contributed by atoms with E-state index in [9.17, 15) is 9.59 Å². The molecule has 0 aromatic heterocycles. The van der Waals surface area contributed by atoms with Crippen molar-refractivity contribution in [2.24, 2.45) is 0 Å². The molecule has 2 amide bonds. The molecule has 1 aliphatic rings. The largest absolute Gasteiger partial charge is 0.276 e. The molecule has 0 spiro atoms. The molecule has 0 aromatic rings. The van der Waals surface area contributed by atoms with Gasteiger partial charge in [0.25, 0.3) is 5.91 Å². The molecule has 1 heterocycles. The summed E-state index contributed by atoms with van der Waals surface area (Å²) in [5.41, 5.74) is 0.534. The maximum atomic E-state index is 11.0. The SMILES string of the molecule is BC1=CC(=O)N(CC)C1=O. The molecule has 0 bridgehead atoms. The number of amides is 2. The number of nitrogens with zero attached hydrogens (tertiary/aromatic N) is 1. The summed E-state index contributed by atoms with van der Waals surface area (Å²) in [5, 5.41) is 0. The predicted octanol–water partition coefficient (Wildman–Crippen LogP) is -1.11. The van der Waals surface area contributed by atoms with Crippen LogP contribution in [0.2, 0.25) is 0 Å². The van der Waals surface area contributed by atoms with Gasteiger partial charge < -0.3 is 0 Å². The van der Waals surface area contributed by atoms with Crippen LogP contribution in [0.25, 0.3) is 0 Å². The predicted molar refractivity (Wildman–Crippen MR) is 39.0 cm³/mol. The number of likely N-dealkylation sites (N-methyl/N-ethyl adjacent to an activating group) is 1. The number of rotatable bonds is 1. The molecule has 1 aliphatic heterocycles. The van der Waals surface area contributed by atoms with Gasteiger partial charge in [0.05, 0.1) is 0 Å². The number of hydrogen-bond acceptors (Lipinski definition) is 2. The molecule has 4 heteroatoms. The van der Waals surface area contributed by atoms with Crippen LogP contribution in [-0.4, -0.2) is 31.1 Å². The highest BCUT2D eigenvalue weighted by Gasteiger charge is 2.25. The summed E-state index contributed by atoms with van der Waals surface area (Å²) < 4.78 is 0. The molecular weight excluding hydrogens is 129 g/mol. The monoisotopic (exact) mass is 137 g/mol. The second-order valence-electron chi connectivity index (χ2n) is 2.21. The lowest BCUT2D eigenvalue weighted by Crippen LogP contribution is -2.30. The van der Waals surface area contributed by atoms with Gasteiger partial charge >= 0.3 is 0 Å². The molecule has 0 saturated heterocycles. The molecule has 0 saturated carbocycles. The third-order valence-electron chi connectivity index (χ3n) is 1.50. The fourth-order valence-electron chi connectivity index (χ4n) is 0.937. The van der Waals surface area contributed by atoms with Crippen molar-refractivity contribution in [1.82, 2.24) is 4.90 Å². The van der Waals surface area contributed by atoms with Crippen LogP contribution in [0.4, 0.5) is 0 Å². The van der Waals surface area contributed by atoms with E-state index in [1.807, 2.05) is 0 Å². The minimum Gasteiger partial charge on any atom is -0.276 e. The van der Waals surface area contributed by atoms with Crippen LogP contribution in [0.1, 0.15) is 6.92 Å². The van der Waals surface area contributed by atoms with Crippen LogP contribution in [0.3, 0.4) is 0 Å². The molecule has 0 N–H and O–H groups in total. The summed E-state index contributed by atoms with van der Waals surface area (Å²) in [6, 6.07) is 0. The van der Waals surface area contributed by atoms with Crippen LogP contribution in [0, 0.1) is 0 Å². The van der Waals surface area contributed by atoms with E-state index in [1.165, 1.54) is 11.0 Å². The van der Waals surface area contributed by atoms with Gasteiger partial charge in [-0.3, -0.25) is 14.5 Å². The first-order valence-electron chi connectivity index (χ1n) is 3.21. The van der Waals surface area contributed by atoms with Crippen molar-refractivity contribution in [3.8, 4) is 0 Å². The Balaban J connectivity index is 2.87. The van der Waals surface area contributed by atoms with Gasteiger partial charge in [-0.1, -0.05) is 0 Å². The quantitative estimate of drug-likeness (QED) is 0.339. The number of hydrogen-bond donors (Lipinski definition) is 0.